The van der Waals surface area contributed by atoms with Crippen LogP contribution in [0.1, 0.15) is 80.1 Å². The number of rotatable bonds is 12. The molecule has 2 heteroatoms. The first-order valence-corrected chi connectivity index (χ1v) is 9.14. The molecule has 20 heavy (non-hydrogen) atoms. The Kier molecular flexibility index (Phi) is 21.0. The Bertz CT molecular complexity index is 131. The van der Waals surface area contributed by atoms with E-state index in [0.29, 0.717) is 0 Å². The van der Waals surface area contributed by atoms with Gasteiger partial charge in [-0.2, -0.15) is 0 Å². The number of nitrogens with zero attached hydrogens (tertiary/aromatic N) is 2. The molecule has 0 aromatic carbocycles. The first-order chi connectivity index (χ1) is 9.69. The Labute approximate surface area is 129 Å². The maximum Gasteiger partial charge on any atom is -0.00188 e. The van der Waals surface area contributed by atoms with Crippen molar-refractivity contribution < 1.29 is 0 Å². The van der Waals surface area contributed by atoms with Crippen molar-refractivity contribution in [2.45, 2.75) is 80.1 Å². The largest absolute Gasteiger partial charge is 0.304 e. The summed E-state index contributed by atoms with van der Waals surface area (Å²) in [5, 5.41) is 0. The van der Waals surface area contributed by atoms with Gasteiger partial charge in [-0.3, -0.25) is 0 Å². The molecule has 0 spiro atoms. The van der Waals surface area contributed by atoms with Gasteiger partial charge in [0, 0.05) is 0 Å². The molecular weight excluding hydrogens is 244 g/mol. The fourth-order valence-electron chi connectivity index (χ4n) is 2.15. The second-order valence-electron chi connectivity index (χ2n) is 5.52. The molecule has 0 saturated heterocycles. The van der Waals surface area contributed by atoms with Gasteiger partial charge in [0.15, 0.2) is 0 Å². The van der Waals surface area contributed by atoms with E-state index in [1.165, 1.54) is 77.8 Å². The fraction of sp³-hybridized carbons (Fsp3) is 1.00. The van der Waals surface area contributed by atoms with Crippen molar-refractivity contribution in [3.63, 3.8) is 0 Å². The van der Waals surface area contributed by atoms with E-state index in [-0.39, 0.29) is 0 Å². The third kappa shape index (κ3) is 16.0. The van der Waals surface area contributed by atoms with E-state index in [1.807, 2.05) is 0 Å². The van der Waals surface area contributed by atoms with E-state index in [1.54, 1.807) is 0 Å². The highest BCUT2D eigenvalue weighted by Crippen LogP contribution is 2.01. The molecule has 0 rings (SSSR count). The lowest BCUT2D eigenvalue weighted by molar-refractivity contribution is 0.261. The molecule has 2 nitrogen and oxygen atoms in total. The lowest BCUT2D eigenvalue weighted by Crippen LogP contribution is -2.27. The molecule has 0 aliphatic rings. The van der Waals surface area contributed by atoms with Crippen molar-refractivity contribution >= 4 is 0 Å². The lowest BCUT2D eigenvalue weighted by Gasteiger charge is -2.21. The van der Waals surface area contributed by atoms with Gasteiger partial charge in [0.2, 0.25) is 0 Å². The molecule has 0 bridgehead atoms. The quantitative estimate of drug-likeness (QED) is 0.496. The van der Waals surface area contributed by atoms with Gasteiger partial charge in [0.1, 0.15) is 0 Å². The summed E-state index contributed by atoms with van der Waals surface area (Å²) >= 11 is 0. The van der Waals surface area contributed by atoms with E-state index < -0.39 is 0 Å². The van der Waals surface area contributed by atoms with Crippen LogP contribution in [0.5, 0.6) is 0 Å². The van der Waals surface area contributed by atoms with Crippen molar-refractivity contribution in [1.29, 1.82) is 0 Å². The summed E-state index contributed by atoms with van der Waals surface area (Å²) in [6.45, 7) is 20.9. The van der Waals surface area contributed by atoms with Gasteiger partial charge in [0.05, 0.1) is 0 Å². The van der Waals surface area contributed by atoms with Gasteiger partial charge in [-0.25, -0.2) is 0 Å². The molecule has 0 heterocycles. The van der Waals surface area contributed by atoms with Crippen LogP contribution in [0.3, 0.4) is 0 Å². The monoisotopic (exact) mass is 286 g/mol. The first-order valence-electron chi connectivity index (χ1n) is 9.14. The summed E-state index contributed by atoms with van der Waals surface area (Å²) < 4.78 is 0. The molecule has 0 unspecified atom stereocenters. The lowest BCUT2D eigenvalue weighted by atomic mass is 10.2. The molecule has 0 radical (unpaired) electrons. The van der Waals surface area contributed by atoms with Crippen LogP contribution >= 0.6 is 0 Å². The summed E-state index contributed by atoms with van der Waals surface area (Å²) in [5.41, 5.74) is 0. The van der Waals surface area contributed by atoms with Crippen LogP contribution in [-0.2, 0) is 0 Å². The van der Waals surface area contributed by atoms with Crippen LogP contribution in [0.4, 0.5) is 0 Å². The molecule has 0 aromatic rings. The molecule has 0 aliphatic carbocycles. The van der Waals surface area contributed by atoms with Crippen molar-refractivity contribution in [2.75, 3.05) is 39.3 Å². The summed E-state index contributed by atoms with van der Waals surface area (Å²) in [5.74, 6) is 0. The highest BCUT2D eigenvalue weighted by atomic mass is 15.1. The number of hydrogen-bond acceptors (Lipinski definition) is 2. The van der Waals surface area contributed by atoms with Crippen molar-refractivity contribution in [3.05, 3.63) is 0 Å². The second kappa shape index (κ2) is 18.9. The molecule has 124 valence electrons. The van der Waals surface area contributed by atoms with Gasteiger partial charge in [0.25, 0.3) is 0 Å². The first kappa shape index (κ1) is 22.2. The van der Waals surface area contributed by atoms with Crippen LogP contribution in [0, 0.1) is 0 Å². The van der Waals surface area contributed by atoms with Crippen molar-refractivity contribution in [3.8, 4) is 0 Å². The molecule has 0 atom stereocenters. The average molecular weight is 287 g/mol. The van der Waals surface area contributed by atoms with Crippen LogP contribution in [0.15, 0.2) is 0 Å². The van der Waals surface area contributed by atoms with Crippen LogP contribution in [0.2, 0.25) is 0 Å². The number of unbranched alkanes of at least 4 members (excludes halogenated alkanes) is 3. The predicted molar refractivity (Wildman–Crippen MR) is 94.6 cm³/mol. The minimum Gasteiger partial charge on any atom is -0.304 e. The zero-order valence-corrected chi connectivity index (χ0v) is 15.4. The van der Waals surface area contributed by atoms with Crippen LogP contribution in [0.25, 0.3) is 0 Å². The fourth-order valence-corrected chi connectivity index (χ4v) is 2.15. The maximum absolute atomic E-state index is 2.64. The standard InChI is InChI=1S/C12H27N.C6H15N/c1-4-7-10-13(11-8-5-2)12-9-6-3;1-4-7(5-2)6-3/h4-12H2,1-3H3;4-6H2,1-3H3. The minimum absolute atomic E-state index is 1.19. The summed E-state index contributed by atoms with van der Waals surface area (Å²) in [6, 6.07) is 0. The molecule has 0 N–H and O–H groups in total. The third-order valence-corrected chi connectivity index (χ3v) is 3.83. The van der Waals surface area contributed by atoms with Gasteiger partial charge in [-0.15, -0.1) is 0 Å². The van der Waals surface area contributed by atoms with Gasteiger partial charge in [-0.05, 0) is 58.5 Å². The molecule has 0 fully saturated rings. The summed E-state index contributed by atoms with van der Waals surface area (Å²) in [6.07, 6.45) is 8.09. The molecular formula is C18H42N2. The van der Waals surface area contributed by atoms with E-state index in [0.717, 1.165) is 0 Å². The average Bonchev–Trinajstić information content (AvgIpc) is 2.49. The van der Waals surface area contributed by atoms with Crippen molar-refractivity contribution in [1.82, 2.24) is 9.80 Å². The summed E-state index contributed by atoms with van der Waals surface area (Å²) in [4.78, 5) is 5.01. The van der Waals surface area contributed by atoms with E-state index >= 15 is 0 Å². The highest BCUT2D eigenvalue weighted by Gasteiger charge is 2.01. The van der Waals surface area contributed by atoms with Crippen LogP contribution < -0.4 is 0 Å². The highest BCUT2D eigenvalue weighted by molar-refractivity contribution is 4.57. The summed E-state index contributed by atoms with van der Waals surface area (Å²) in [7, 11) is 0. The Morgan fingerprint density at radius 2 is 0.750 bits per heavy atom. The second-order valence-corrected chi connectivity index (χ2v) is 5.52. The molecule has 0 aliphatic heterocycles. The third-order valence-electron chi connectivity index (χ3n) is 3.83. The van der Waals surface area contributed by atoms with Gasteiger partial charge < -0.3 is 9.80 Å². The smallest absolute Gasteiger partial charge is 0.00188 e. The Morgan fingerprint density at radius 1 is 0.450 bits per heavy atom. The van der Waals surface area contributed by atoms with E-state index in [2.05, 4.69) is 51.3 Å². The normalized spacial score (nSPS) is 10.8. The molecule has 0 saturated carbocycles. The maximum atomic E-state index is 2.64. The van der Waals surface area contributed by atoms with E-state index in [9.17, 15) is 0 Å². The topological polar surface area (TPSA) is 6.48 Å². The molecule has 0 amide bonds. The predicted octanol–water partition coefficient (Wildman–Crippen LogP) is 5.04. The number of hydrogen-bond donors (Lipinski definition) is 0. The Hall–Kier alpha value is -0.0800. The van der Waals surface area contributed by atoms with Crippen molar-refractivity contribution in [2.24, 2.45) is 0 Å². The Balaban J connectivity index is 0. The molecule has 0 aromatic heterocycles. The zero-order valence-electron chi connectivity index (χ0n) is 15.4. The van der Waals surface area contributed by atoms with Crippen LogP contribution in [-0.4, -0.2) is 49.1 Å². The van der Waals surface area contributed by atoms with Gasteiger partial charge in [-0.1, -0.05) is 60.8 Å². The SMILES string of the molecule is CCCCN(CCCC)CCCC.CCN(CC)CC. The Morgan fingerprint density at radius 3 is 0.900 bits per heavy atom. The van der Waals surface area contributed by atoms with E-state index in [4.69, 9.17) is 0 Å². The zero-order chi connectivity index (χ0) is 15.6. The van der Waals surface area contributed by atoms with Gasteiger partial charge >= 0.3 is 0 Å². The minimum atomic E-state index is 1.19.